The van der Waals surface area contributed by atoms with Gasteiger partial charge in [0.1, 0.15) is 6.61 Å². The number of likely N-dealkylation sites (N-methyl/N-ethyl adjacent to an activating group) is 2. The van der Waals surface area contributed by atoms with Gasteiger partial charge in [-0.2, -0.15) is 13.2 Å². The number of hydrogen-bond donors (Lipinski definition) is 0. The zero-order valence-corrected chi connectivity index (χ0v) is 18.9. The lowest BCUT2D eigenvalue weighted by atomic mass is 10.1. The van der Waals surface area contributed by atoms with Crippen molar-refractivity contribution in [3.8, 4) is 5.88 Å². The van der Waals surface area contributed by atoms with Gasteiger partial charge in [-0.05, 0) is 39.0 Å². The molecule has 0 bridgehead atoms. The van der Waals surface area contributed by atoms with E-state index in [0.717, 1.165) is 18.3 Å². The van der Waals surface area contributed by atoms with Gasteiger partial charge in [0.05, 0.1) is 22.9 Å². The van der Waals surface area contributed by atoms with E-state index >= 15 is 0 Å². The third-order valence-corrected chi connectivity index (χ3v) is 4.53. The van der Waals surface area contributed by atoms with Gasteiger partial charge in [0.25, 0.3) is 5.91 Å². The molecule has 0 radical (unpaired) electrons. The van der Waals surface area contributed by atoms with Gasteiger partial charge in [0, 0.05) is 32.1 Å². The number of allylic oxidation sites excluding steroid dienone is 4. The van der Waals surface area contributed by atoms with E-state index in [4.69, 9.17) is 4.74 Å². The van der Waals surface area contributed by atoms with E-state index in [2.05, 4.69) is 18.1 Å². The molecule has 0 fully saturated rings. The van der Waals surface area contributed by atoms with E-state index in [1.54, 1.807) is 60.4 Å². The molecule has 1 aromatic heterocycles. The Bertz CT molecular complexity index is 871. The molecule has 8 heteroatoms. The number of aromatic nitrogens is 1. The SMILES string of the molecule is C=C/C=C\N(C)/C(C=C)=C(/C=C\C)C(=O)N(CC)C(C)COc1ccc(C(F)(F)F)cn1. The minimum atomic E-state index is -4.46. The summed E-state index contributed by atoms with van der Waals surface area (Å²) < 4.78 is 43.6. The number of ether oxygens (including phenoxy) is 1. The first-order chi connectivity index (χ1) is 15.1. The van der Waals surface area contributed by atoms with Crippen LogP contribution < -0.4 is 4.74 Å². The highest BCUT2D eigenvalue weighted by Crippen LogP contribution is 2.29. The Morgan fingerprint density at radius 3 is 2.47 bits per heavy atom. The molecule has 1 amide bonds. The molecule has 0 spiro atoms. The summed E-state index contributed by atoms with van der Waals surface area (Å²) in [4.78, 5) is 20.4. The molecule has 1 aromatic rings. The molecule has 1 atom stereocenters. The topological polar surface area (TPSA) is 45.7 Å². The maximum Gasteiger partial charge on any atom is 0.417 e. The van der Waals surface area contributed by atoms with Gasteiger partial charge in [-0.3, -0.25) is 4.79 Å². The molecule has 0 N–H and O–H groups in total. The van der Waals surface area contributed by atoms with Crippen molar-refractivity contribution in [2.24, 2.45) is 0 Å². The minimum Gasteiger partial charge on any atom is -0.475 e. The van der Waals surface area contributed by atoms with Gasteiger partial charge >= 0.3 is 6.18 Å². The standard InChI is InChI=1S/C24H30F3N3O2/c1-7-11-15-29(6)21(9-3)20(12-8-2)23(31)30(10-4)18(5)17-32-22-14-13-19(16-28-22)24(25,26)27/h7-9,11-16,18H,1,3,10,17H2,2,4-6H3/b12-8-,15-11-,21-20-. The molecule has 0 saturated heterocycles. The van der Waals surface area contributed by atoms with Crippen LogP contribution in [0.3, 0.4) is 0 Å². The van der Waals surface area contributed by atoms with Crippen molar-refractivity contribution in [1.82, 2.24) is 14.8 Å². The first kappa shape index (κ1) is 26.7. The predicted molar refractivity (Wildman–Crippen MR) is 121 cm³/mol. The van der Waals surface area contributed by atoms with E-state index < -0.39 is 11.7 Å². The number of rotatable bonds is 11. The van der Waals surface area contributed by atoms with Crippen LogP contribution >= 0.6 is 0 Å². The average Bonchev–Trinajstić information content (AvgIpc) is 2.76. The Hall–Kier alpha value is -3.29. The molecule has 0 aliphatic heterocycles. The fourth-order valence-electron chi connectivity index (χ4n) is 2.89. The first-order valence-corrected chi connectivity index (χ1v) is 10.1. The molecule has 1 heterocycles. The summed E-state index contributed by atoms with van der Waals surface area (Å²) in [6, 6.07) is 1.71. The van der Waals surface area contributed by atoms with Crippen LogP contribution in [-0.4, -0.2) is 46.9 Å². The van der Waals surface area contributed by atoms with E-state index in [-0.39, 0.29) is 24.4 Å². The van der Waals surface area contributed by atoms with Gasteiger partial charge < -0.3 is 14.5 Å². The summed E-state index contributed by atoms with van der Waals surface area (Å²) in [6.45, 7) is 13.4. The third-order valence-electron chi connectivity index (χ3n) is 4.53. The zero-order valence-electron chi connectivity index (χ0n) is 18.9. The first-order valence-electron chi connectivity index (χ1n) is 10.1. The summed E-state index contributed by atoms with van der Waals surface area (Å²) in [6.07, 6.45) is 6.47. The van der Waals surface area contributed by atoms with Crippen molar-refractivity contribution in [2.45, 2.75) is 33.0 Å². The number of carbonyl (C=O) groups excluding carboxylic acids is 1. The van der Waals surface area contributed by atoms with Gasteiger partial charge in [-0.1, -0.05) is 31.4 Å². The fraction of sp³-hybridized carbons (Fsp3) is 0.333. The molecule has 0 aromatic carbocycles. The number of carbonyl (C=O) groups is 1. The Labute approximate surface area is 187 Å². The van der Waals surface area contributed by atoms with E-state index in [9.17, 15) is 18.0 Å². The lowest BCUT2D eigenvalue weighted by Gasteiger charge is -2.30. The monoisotopic (exact) mass is 449 g/mol. The zero-order chi connectivity index (χ0) is 24.3. The molecule has 0 aliphatic carbocycles. The van der Waals surface area contributed by atoms with Gasteiger partial charge in [-0.25, -0.2) is 4.98 Å². The Morgan fingerprint density at radius 1 is 1.31 bits per heavy atom. The van der Waals surface area contributed by atoms with E-state index in [1.165, 1.54) is 0 Å². The molecule has 32 heavy (non-hydrogen) atoms. The normalized spacial score (nSPS) is 13.6. The molecule has 0 aliphatic rings. The van der Waals surface area contributed by atoms with Crippen LogP contribution in [0.4, 0.5) is 13.2 Å². The molecular formula is C24H30F3N3O2. The van der Waals surface area contributed by atoms with Crippen molar-refractivity contribution >= 4 is 5.91 Å². The maximum absolute atomic E-state index is 13.4. The number of pyridine rings is 1. The fourth-order valence-corrected chi connectivity index (χ4v) is 2.89. The molecule has 5 nitrogen and oxygen atoms in total. The molecule has 1 unspecified atom stereocenters. The predicted octanol–water partition coefficient (Wildman–Crippen LogP) is 5.36. The van der Waals surface area contributed by atoms with Crippen molar-refractivity contribution in [3.05, 3.63) is 84.9 Å². The lowest BCUT2D eigenvalue weighted by molar-refractivity contribution is -0.138. The molecule has 0 saturated carbocycles. The number of halogens is 3. The summed E-state index contributed by atoms with van der Waals surface area (Å²) >= 11 is 0. The largest absolute Gasteiger partial charge is 0.475 e. The van der Waals surface area contributed by atoms with Crippen LogP contribution in [0.5, 0.6) is 5.88 Å². The highest BCUT2D eigenvalue weighted by atomic mass is 19.4. The van der Waals surface area contributed by atoms with Crippen LogP contribution in [0.15, 0.2) is 79.3 Å². The third kappa shape index (κ3) is 7.44. The number of hydrogen-bond acceptors (Lipinski definition) is 4. The second kappa shape index (κ2) is 12.5. The van der Waals surface area contributed by atoms with Crippen LogP contribution in [0.2, 0.25) is 0 Å². The van der Waals surface area contributed by atoms with Crippen molar-refractivity contribution in [2.75, 3.05) is 20.2 Å². The number of nitrogens with zero attached hydrogens (tertiary/aromatic N) is 3. The highest BCUT2D eigenvalue weighted by Gasteiger charge is 2.31. The van der Waals surface area contributed by atoms with Gasteiger partial charge in [0.15, 0.2) is 0 Å². The second-order valence-electron chi connectivity index (χ2n) is 6.83. The van der Waals surface area contributed by atoms with Crippen LogP contribution in [0.1, 0.15) is 26.3 Å². The highest BCUT2D eigenvalue weighted by molar-refractivity contribution is 5.97. The van der Waals surface area contributed by atoms with E-state index in [0.29, 0.717) is 17.8 Å². The van der Waals surface area contributed by atoms with Gasteiger partial charge in [-0.15, -0.1) is 0 Å². The smallest absolute Gasteiger partial charge is 0.417 e. The van der Waals surface area contributed by atoms with E-state index in [1.807, 2.05) is 13.8 Å². The summed E-state index contributed by atoms with van der Waals surface area (Å²) in [5.74, 6) is -0.172. The Kier molecular flexibility index (Phi) is 10.5. The molecule has 1 rings (SSSR count). The average molecular weight is 450 g/mol. The van der Waals surface area contributed by atoms with Crippen LogP contribution in [0, 0.1) is 0 Å². The van der Waals surface area contributed by atoms with Gasteiger partial charge in [0.2, 0.25) is 5.88 Å². The van der Waals surface area contributed by atoms with Crippen molar-refractivity contribution < 1.29 is 22.7 Å². The summed E-state index contributed by atoms with van der Waals surface area (Å²) in [5.41, 5.74) is 0.207. The quantitative estimate of drug-likeness (QED) is 0.337. The summed E-state index contributed by atoms with van der Waals surface area (Å²) in [7, 11) is 1.80. The lowest BCUT2D eigenvalue weighted by Crippen LogP contribution is -2.43. The van der Waals surface area contributed by atoms with Crippen LogP contribution in [-0.2, 0) is 11.0 Å². The maximum atomic E-state index is 13.4. The second-order valence-corrected chi connectivity index (χ2v) is 6.83. The number of alkyl halides is 3. The van der Waals surface area contributed by atoms with Crippen LogP contribution in [0.25, 0.3) is 0 Å². The minimum absolute atomic E-state index is 0.0543. The Morgan fingerprint density at radius 2 is 2.00 bits per heavy atom. The number of amides is 1. The van der Waals surface area contributed by atoms with Crippen molar-refractivity contribution in [1.29, 1.82) is 0 Å². The Balaban J connectivity index is 3.06. The molecule has 174 valence electrons. The summed E-state index contributed by atoms with van der Waals surface area (Å²) in [5, 5.41) is 0. The molecular weight excluding hydrogens is 419 g/mol. The van der Waals surface area contributed by atoms with Crippen molar-refractivity contribution in [3.63, 3.8) is 0 Å².